The Morgan fingerprint density at radius 3 is 0.882 bits per heavy atom. The van der Waals surface area contributed by atoms with E-state index < -0.39 is 0 Å². The maximum atomic E-state index is 7.13. The molecule has 0 bridgehead atoms. The van der Waals surface area contributed by atoms with Gasteiger partial charge in [0.25, 0.3) is 0 Å². The van der Waals surface area contributed by atoms with Gasteiger partial charge < -0.3 is 20.0 Å². The van der Waals surface area contributed by atoms with Crippen molar-refractivity contribution in [3.63, 3.8) is 0 Å². The van der Waals surface area contributed by atoms with Gasteiger partial charge in [0.2, 0.25) is 0 Å². The standard InChI is InChI=1S/C58H58N4S2.C12H12N2.2CNS.Ru/c1-55(2,3)37-13-17-47-41(31-37)42-32-38(56(4,5)6)14-18-48(42)61(47)53-23-21-51(63-53)35-25-27-59-45(29-35)46-30-36(26-28-60-46)52-22-24-54(64-52)62-49-19-15-39(57(7,8)9)33-43(49)44-34-40(58(10,11)12)16-20-50(44)62;1-9-3-5-13-11(7-9)12-8-10(2)4-6-14-12;2*2-1-3;/h13-34H,1-12H3;3-8H,1-2H3;;;/q;;2*-1;+2. The summed E-state index contributed by atoms with van der Waals surface area (Å²) < 4.78 is 4.90. The molecule has 85 heavy (non-hydrogen) atoms. The van der Waals surface area contributed by atoms with Gasteiger partial charge in [-0.2, -0.15) is 10.3 Å². The maximum absolute atomic E-state index is 7.13. The zero-order valence-corrected chi connectivity index (χ0v) is 55.7. The van der Waals surface area contributed by atoms with Crippen LogP contribution in [-0.2, 0) is 41.1 Å². The van der Waals surface area contributed by atoms with Crippen LogP contribution in [0.2, 0.25) is 0 Å². The molecule has 0 aliphatic heterocycles. The molecule has 0 spiro atoms. The Hall–Kier alpha value is -7.30. The predicted molar refractivity (Wildman–Crippen MR) is 366 cm³/mol. The number of pyridine rings is 4. The molecule has 0 fully saturated rings. The summed E-state index contributed by atoms with van der Waals surface area (Å²) in [7, 11) is 0. The summed E-state index contributed by atoms with van der Waals surface area (Å²) in [6, 6.07) is 53.9. The summed E-state index contributed by atoms with van der Waals surface area (Å²) in [5, 5.41) is 24.5. The van der Waals surface area contributed by atoms with Gasteiger partial charge in [-0.15, -0.1) is 22.7 Å². The van der Waals surface area contributed by atoms with Crippen molar-refractivity contribution in [3.8, 4) is 53.7 Å². The minimum atomic E-state index is 0. The number of rotatable bonds is 6. The number of isothiocyanates is 2. The topological polar surface area (TPSA) is 106 Å². The molecule has 0 saturated heterocycles. The van der Waals surface area contributed by atoms with Crippen molar-refractivity contribution >= 4 is 101 Å². The molecule has 12 rings (SSSR count). The predicted octanol–water partition coefficient (Wildman–Crippen LogP) is 21.1. The van der Waals surface area contributed by atoms with Gasteiger partial charge in [-0.3, -0.25) is 19.9 Å². The van der Waals surface area contributed by atoms with Crippen LogP contribution in [0.4, 0.5) is 0 Å². The van der Waals surface area contributed by atoms with Crippen LogP contribution in [0.15, 0.2) is 170 Å². The molecule has 430 valence electrons. The fraction of sp³-hybridized carbons (Fsp3) is 0.250. The number of aryl methyl sites for hydroxylation is 2. The molecule has 0 saturated carbocycles. The zero-order valence-electron chi connectivity index (χ0n) is 50.7. The molecule has 0 N–H and O–H groups in total. The maximum Gasteiger partial charge on any atom is 2.00 e. The number of nitrogens with zero attached hydrogens (tertiary/aromatic N) is 8. The average molecular weight is 1280 g/mol. The number of hydrogen-bond donors (Lipinski definition) is 0. The number of hydrogen-bond acceptors (Lipinski definition) is 8. The van der Waals surface area contributed by atoms with Gasteiger partial charge in [0.05, 0.1) is 44.8 Å². The Morgan fingerprint density at radius 2 is 0.624 bits per heavy atom. The third kappa shape index (κ3) is 14.0. The van der Waals surface area contributed by atoms with Crippen molar-refractivity contribution < 1.29 is 19.5 Å². The summed E-state index contributed by atoms with van der Waals surface area (Å²) in [5.74, 6) is 0. The van der Waals surface area contributed by atoms with Crippen molar-refractivity contribution in [1.29, 1.82) is 0 Å². The second-order valence-corrected chi connectivity index (χ2v) is 27.8. The summed E-state index contributed by atoms with van der Waals surface area (Å²) >= 11 is 11.0. The summed E-state index contributed by atoms with van der Waals surface area (Å²) in [5.41, 5.74) is 18.8. The van der Waals surface area contributed by atoms with Crippen molar-refractivity contribution in [2.45, 2.75) is 119 Å². The first-order valence-corrected chi connectivity index (χ1v) is 30.5. The Labute approximate surface area is 532 Å². The quantitative estimate of drug-likeness (QED) is 0.0933. The van der Waals surface area contributed by atoms with Gasteiger partial charge in [-0.25, -0.2) is 0 Å². The molecule has 0 aliphatic rings. The first-order valence-electron chi connectivity index (χ1n) is 28.0. The van der Waals surface area contributed by atoms with Crippen LogP contribution in [0.25, 0.3) is 108 Å². The fourth-order valence-corrected chi connectivity index (χ4v) is 12.5. The molecule has 13 heteroatoms. The molecule has 8 heterocycles. The Morgan fingerprint density at radius 1 is 0.365 bits per heavy atom. The van der Waals surface area contributed by atoms with Crippen molar-refractivity contribution in [2.24, 2.45) is 0 Å². The van der Waals surface area contributed by atoms with E-state index in [1.165, 1.54) is 107 Å². The van der Waals surface area contributed by atoms with E-state index in [1.807, 2.05) is 71.7 Å². The number of thiocarbonyl (C=S) groups is 2. The van der Waals surface area contributed by atoms with Gasteiger partial charge in [0.15, 0.2) is 0 Å². The van der Waals surface area contributed by atoms with E-state index in [-0.39, 0.29) is 41.1 Å². The first kappa shape index (κ1) is 63.7. The Kier molecular flexibility index (Phi) is 19.3. The van der Waals surface area contributed by atoms with E-state index in [4.69, 9.17) is 20.8 Å². The normalized spacial score (nSPS) is 11.6. The van der Waals surface area contributed by atoms with Crippen LogP contribution in [0.3, 0.4) is 0 Å². The fourth-order valence-electron chi connectivity index (χ4n) is 10.4. The third-order valence-corrected chi connectivity index (χ3v) is 17.3. The number of benzene rings is 4. The SMILES string of the molecule is CC(C)(C)c1ccc2c(c1)c1cc(C(C)(C)C)ccc1n2-c1ccc(-c2ccnc(-c3cc(-c4ccc(-n5c6ccc(C(C)(C)C)cc6c6cc(C(C)(C)C)ccc65)s4)ccn3)c2)s1.Cc1ccnc(-c2cc(C)ccn2)c1.[N-]=C=S.[N-]=C=S.[Ru+2]. The summed E-state index contributed by atoms with van der Waals surface area (Å²) in [6.07, 6.45) is 7.47. The Bertz CT molecular complexity index is 4030. The molecule has 0 aliphatic carbocycles. The molecular formula is C72H70N8RuS4. The Balaban J connectivity index is 0.000000382. The van der Waals surface area contributed by atoms with Crippen LogP contribution in [0.5, 0.6) is 0 Å². The minimum Gasteiger partial charge on any atom is -0.753 e. The number of thiophene rings is 2. The largest absolute Gasteiger partial charge is 2.00 e. The van der Waals surface area contributed by atoms with Gasteiger partial charge in [0.1, 0.15) is 10.0 Å². The van der Waals surface area contributed by atoms with E-state index in [0.29, 0.717) is 0 Å². The molecule has 12 aromatic rings. The van der Waals surface area contributed by atoms with Gasteiger partial charge in [-0.05, 0) is 201 Å². The minimum absolute atomic E-state index is 0. The van der Waals surface area contributed by atoms with Crippen molar-refractivity contribution in [3.05, 3.63) is 215 Å². The average Bonchev–Trinajstić information content (AvgIpc) is 1.74. The second-order valence-electron chi connectivity index (χ2n) is 25.4. The monoisotopic (exact) mass is 1280 g/mol. The summed E-state index contributed by atoms with van der Waals surface area (Å²) in [6.45, 7) is 31.7. The first-order chi connectivity index (χ1) is 39.8. The molecule has 8 aromatic heterocycles. The van der Waals surface area contributed by atoms with Gasteiger partial charge >= 0.3 is 19.5 Å². The van der Waals surface area contributed by atoms with E-state index in [1.54, 1.807) is 0 Å². The van der Waals surface area contributed by atoms with Crippen LogP contribution < -0.4 is 0 Å². The smallest absolute Gasteiger partial charge is 0.753 e. The van der Waals surface area contributed by atoms with Gasteiger partial charge in [-0.1, -0.05) is 132 Å². The summed E-state index contributed by atoms with van der Waals surface area (Å²) in [4.78, 5) is 20.7. The molecule has 0 amide bonds. The third-order valence-electron chi connectivity index (χ3n) is 15.1. The second kappa shape index (κ2) is 25.7. The number of fused-ring (bicyclic) bond motifs is 6. The zero-order chi connectivity index (χ0) is 60.5. The molecule has 0 atom stereocenters. The van der Waals surface area contributed by atoms with Crippen LogP contribution in [-0.4, -0.2) is 39.4 Å². The van der Waals surface area contributed by atoms with Crippen LogP contribution in [0.1, 0.15) is 116 Å². The number of aromatic nitrogens is 6. The van der Waals surface area contributed by atoms with E-state index in [2.05, 4.69) is 262 Å². The van der Waals surface area contributed by atoms with Crippen LogP contribution >= 0.6 is 47.1 Å². The molecular weight excluding hydrogens is 1210 g/mol. The molecule has 0 unspecified atom stereocenters. The van der Waals surface area contributed by atoms with E-state index in [9.17, 15) is 0 Å². The molecule has 0 radical (unpaired) electrons. The molecule has 4 aromatic carbocycles. The van der Waals surface area contributed by atoms with Crippen molar-refractivity contribution in [2.75, 3.05) is 0 Å². The van der Waals surface area contributed by atoms with E-state index in [0.717, 1.165) is 33.9 Å². The van der Waals surface area contributed by atoms with Crippen molar-refractivity contribution in [1.82, 2.24) is 29.1 Å². The van der Waals surface area contributed by atoms with E-state index >= 15 is 0 Å². The van der Waals surface area contributed by atoms with Gasteiger partial charge in [0, 0.05) is 56.1 Å². The molecule has 8 nitrogen and oxygen atoms in total. The van der Waals surface area contributed by atoms with Crippen LogP contribution in [0, 0.1) is 13.8 Å².